The smallest absolute Gasteiger partial charge is 0.271 e. The molecule has 1 aromatic rings. The Morgan fingerprint density at radius 1 is 1.18 bits per heavy atom. The Morgan fingerprint density at radius 2 is 1.82 bits per heavy atom. The van der Waals surface area contributed by atoms with E-state index < -0.39 is 0 Å². The van der Waals surface area contributed by atoms with E-state index >= 15 is 0 Å². The van der Waals surface area contributed by atoms with E-state index in [2.05, 4.69) is 16.8 Å². The van der Waals surface area contributed by atoms with Crippen molar-refractivity contribution in [1.82, 2.24) is 4.90 Å². The minimum Gasteiger partial charge on any atom is -0.369 e. The molecule has 0 amide bonds. The largest absolute Gasteiger partial charge is 0.369 e. The minimum absolute atomic E-state index is 0.180. The monoisotopic (exact) mass is 235 g/mol. The molecular formula is C12H17N3O2. The molecule has 0 spiro atoms. The molecule has 0 bridgehead atoms. The van der Waals surface area contributed by atoms with E-state index in [-0.39, 0.29) is 10.6 Å². The van der Waals surface area contributed by atoms with Crippen molar-refractivity contribution < 1.29 is 4.92 Å². The second-order valence-electron chi connectivity index (χ2n) is 4.57. The Morgan fingerprint density at radius 3 is 2.41 bits per heavy atom. The van der Waals surface area contributed by atoms with Gasteiger partial charge in [-0.05, 0) is 25.6 Å². The number of piperazine rings is 1. The molecule has 1 aliphatic rings. The van der Waals surface area contributed by atoms with Crippen LogP contribution >= 0.6 is 0 Å². The van der Waals surface area contributed by atoms with Crippen LogP contribution in [0.3, 0.4) is 0 Å². The van der Waals surface area contributed by atoms with Crippen LogP contribution in [0.5, 0.6) is 0 Å². The summed E-state index contributed by atoms with van der Waals surface area (Å²) in [6.45, 7) is 5.75. The summed E-state index contributed by atoms with van der Waals surface area (Å²) >= 11 is 0. The predicted molar refractivity (Wildman–Crippen MR) is 67.5 cm³/mol. The molecule has 2 rings (SSSR count). The van der Waals surface area contributed by atoms with Crippen molar-refractivity contribution in [3.63, 3.8) is 0 Å². The standard InChI is InChI=1S/C12H17N3O2/c1-10-7-11(9-12(8-10)15(16)17)14-5-3-13(2)4-6-14/h7-9H,3-6H2,1-2H3. The van der Waals surface area contributed by atoms with Crippen LogP contribution in [0.25, 0.3) is 0 Å². The quantitative estimate of drug-likeness (QED) is 0.578. The van der Waals surface area contributed by atoms with Gasteiger partial charge in [-0.1, -0.05) is 0 Å². The maximum absolute atomic E-state index is 10.8. The molecule has 0 aliphatic carbocycles. The molecule has 92 valence electrons. The van der Waals surface area contributed by atoms with Gasteiger partial charge < -0.3 is 9.80 Å². The number of aryl methyl sites for hydroxylation is 1. The number of non-ortho nitro benzene ring substituents is 1. The number of nitro benzene ring substituents is 1. The highest BCUT2D eigenvalue weighted by Gasteiger charge is 2.17. The van der Waals surface area contributed by atoms with Crippen LogP contribution in [0, 0.1) is 17.0 Å². The molecule has 1 heterocycles. The summed E-state index contributed by atoms with van der Waals surface area (Å²) in [5.74, 6) is 0. The van der Waals surface area contributed by atoms with Gasteiger partial charge in [0.2, 0.25) is 0 Å². The van der Waals surface area contributed by atoms with E-state index in [4.69, 9.17) is 0 Å². The van der Waals surface area contributed by atoms with Crippen LogP contribution in [-0.2, 0) is 0 Å². The Balaban J connectivity index is 2.23. The lowest BCUT2D eigenvalue weighted by atomic mass is 10.1. The summed E-state index contributed by atoms with van der Waals surface area (Å²) in [6, 6.07) is 5.29. The molecular weight excluding hydrogens is 218 g/mol. The van der Waals surface area contributed by atoms with Crippen LogP contribution in [0.2, 0.25) is 0 Å². The van der Waals surface area contributed by atoms with Gasteiger partial charge in [-0.3, -0.25) is 10.1 Å². The number of likely N-dealkylation sites (N-methyl/N-ethyl adjacent to an activating group) is 1. The number of hydrogen-bond donors (Lipinski definition) is 0. The molecule has 5 heteroatoms. The molecule has 0 atom stereocenters. The first kappa shape index (κ1) is 11.9. The van der Waals surface area contributed by atoms with Gasteiger partial charge in [0.15, 0.2) is 0 Å². The van der Waals surface area contributed by atoms with Crippen molar-refractivity contribution in [3.8, 4) is 0 Å². The van der Waals surface area contributed by atoms with Gasteiger partial charge in [0.25, 0.3) is 5.69 Å². The number of hydrogen-bond acceptors (Lipinski definition) is 4. The maximum Gasteiger partial charge on any atom is 0.271 e. The highest BCUT2D eigenvalue weighted by Crippen LogP contribution is 2.24. The van der Waals surface area contributed by atoms with Gasteiger partial charge in [-0.2, -0.15) is 0 Å². The van der Waals surface area contributed by atoms with Gasteiger partial charge in [0, 0.05) is 44.0 Å². The fraction of sp³-hybridized carbons (Fsp3) is 0.500. The zero-order valence-electron chi connectivity index (χ0n) is 10.2. The Kier molecular flexibility index (Phi) is 3.28. The molecule has 1 saturated heterocycles. The SMILES string of the molecule is Cc1cc(N2CCN(C)CC2)cc([N+](=O)[O-])c1. The van der Waals surface area contributed by atoms with Crippen molar-refractivity contribution in [1.29, 1.82) is 0 Å². The topological polar surface area (TPSA) is 49.6 Å². The van der Waals surface area contributed by atoms with E-state index in [1.165, 1.54) is 0 Å². The number of nitro groups is 1. The van der Waals surface area contributed by atoms with Crippen LogP contribution in [-0.4, -0.2) is 43.0 Å². The third kappa shape index (κ3) is 2.74. The molecule has 1 fully saturated rings. The van der Waals surface area contributed by atoms with Crippen LogP contribution in [0.4, 0.5) is 11.4 Å². The van der Waals surface area contributed by atoms with Crippen molar-refractivity contribution in [2.24, 2.45) is 0 Å². The maximum atomic E-state index is 10.8. The highest BCUT2D eigenvalue weighted by molar-refractivity contribution is 5.56. The molecule has 1 aliphatic heterocycles. The Labute approximate surface area is 101 Å². The van der Waals surface area contributed by atoms with Gasteiger partial charge in [-0.15, -0.1) is 0 Å². The molecule has 5 nitrogen and oxygen atoms in total. The molecule has 17 heavy (non-hydrogen) atoms. The van der Waals surface area contributed by atoms with E-state index in [9.17, 15) is 10.1 Å². The Hall–Kier alpha value is -1.62. The average molecular weight is 235 g/mol. The van der Waals surface area contributed by atoms with Gasteiger partial charge in [-0.25, -0.2) is 0 Å². The first-order valence-electron chi connectivity index (χ1n) is 5.76. The van der Waals surface area contributed by atoms with Crippen LogP contribution < -0.4 is 4.90 Å². The van der Waals surface area contributed by atoms with Gasteiger partial charge in [0.05, 0.1) is 4.92 Å². The first-order chi connectivity index (χ1) is 8.06. The normalized spacial score (nSPS) is 17.2. The third-order valence-electron chi connectivity index (χ3n) is 3.13. The predicted octanol–water partition coefficient (Wildman–Crippen LogP) is 1.66. The summed E-state index contributed by atoms with van der Waals surface area (Å²) in [6.07, 6.45) is 0. The zero-order valence-corrected chi connectivity index (χ0v) is 10.2. The molecule has 0 saturated carbocycles. The summed E-state index contributed by atoms with van der Waals surface area (Å²) in [5, 5.41) is 10.8. The zero-order chi connectivity index (χ0) is 12.4. The van der Waals surface area contributed by atoms with Crippen LogP contribution in [0.15, 0.2) is 18.2 Å². The second-order valence-corrected chi connectivity index (χ2v) is 4.57. The fourth-order valence-electron chi connectivity index (χ4n) is 2.10. The summed E-state index contributed by atoms with van der Waals surface area (Å²) in [5.41, 5.74) is 2.08. The van der Waals surface area contributed by atoms with Crippen LogP contribution in [0.1, 0.15) is 5.56 Å². The lowest BCUT2D eigenvalue weighted by molar-refractivity contribution is -0.384. The van der Waals surface area contributed by atoms with Crippen molar-refractivity contribution >= 4 is 11.4 Å². The number of anilines is 1. The molecule has 1 aromatic carbocycles. The van der Waals surface area contributed by atoms with Gasteiger partial charge >= 0.3 is 0 Å². The fourth-order valence-corrected chi connectivity index (χ4v) is 2.10. The summed E-state index contributed by atoms with van der Waals surface area (Å²) < 4.78 is 0. The van der Waals surface area contributed by atoms with Crippen molar-refractivity contribution in [2.75, 3.05) is 38.1 Å². The van der Waals surface area contributed by atoms with Gasteiger partial charge in [0.1, 0.15) is 0 Å². The average Bonchev–Trinajstić information content (AvgIpc) is 2.29. The molecule has 0 unspecified atom stereocenters. The summed E-state index contributed by atoms with van der Waals surface area (Å²) in [4.78, 5) is 15.0. The first-order valence-corrected chi connectivity index (χ1v) is 5.76. The van der Waals surface area contributed by atoms with E-state index in [1.807, 2.05) is 13.0 Å². The van der Waals surface area contributed by atoms with Crippen molar-refractivity contribution in [3.05, 3.63) is 33.9 Å². The third-order valence-corrected chi connectivity index (χ3v) is 3.13. The van der Waals surface area contributed by atoms with E-state index in [0.717, 1.165) is 37.4 Å². The van der Waals surface area contributed by atoms with Crippen molar-refractivity contribution in [2.45, 2.75) is 6.92 Å². The highest BCUT2D eigenvalue weighted by atomic mass is 16.6. The number of benzene rings is 1. The lowest BCUT2D eigenvalue weighted by Crippen LogP contribution is -2.44. The second kappa shape index (κ2) is 4.71. The number of rotatable bonds is 2. The number of nitrogens with zero attached hydrogens (tertiary/aromatic N) is 3. The molecule has 0 radical (unpaired) electrons. The van der Waals surface area contributed by atoms with E-state index in [0.29, 0.717) is 0 Å². The minimum atomic E-state index is -0.327. The van der Waals surface area contributed by atoms with E-state index in [1.54, 1.807) is 12.1 Å². The lowest BCUT2D eigenvalue weighted by Gasteiger charge is -2.34. The Bertz CT molecular complexity index is 426. The molecule has 0 aromatic heterocycles. The molecule has 0 N–H and O–H groups in total. The summed E-state index contributed by atoms with van der Waals surface area (Å²) in [7, 11) is 2.09.